The van der Waals surface area contributed by atoms with Crippen LogP contribution in [0, 0.1) is 0 Å². The second-order valence-electron chi connectivity index (χ2n) is 5.90. The first-order valence-electron chi connectivity index (χ1n) is 8.14. The van der Waals surface area contributed by atoms with Gasteiger partial charge in [0.15, 0.2) is 11.4 Å². The van der Waals surface area contributed by atoms with Gasteiger partial charge in [-0.05, 0) is 36.4 Å². The van der Waals surface area contributed by atoms with Gasteiger partial charge in [-0.1, -0.05) is 80.5 Å². The SMILES string of the molecule is O=S(=O)([NH+]=C(Nc1c(Cl)c(Cl)c(O)c(Cl)c1Cl)c1ccccc1)c1ccc(Br)cc1. The van der Waals surface area contributed by atoms with Gasteiger partial charge >= 0.3 is 10.0 Å². The summed E-state index contributed by atoms with van der Waals surface area (Å²) in [6.07, 6.45) is 0. The first-order chi connectivity index (χ1) is 14.1. The van der Waals surface area contributed by atoms with Crippen LogP contribution in [0.4, 0.5) is 5.69 Å². The second-order valence-corrected chi connectivity index (χ2v) is 10.0. The van der Waals surface area contributed by atoms with E-state index in [-0.39, 0.29) is 36.5 Å². The molecule has 0 aliphatic rings. The standard InChI is InChI=1S/C19H11BrCl4N2O3S/c20-11-6-8-12(9-7-11)30(28,29)26-19(10-4-2-1-3-5-10)25-17-13(21)15(23)18(27)16(24)14(17)22/h1-9,27H,(H,25,26)/p+1. The first-order valence-corrected chi connectivity index (χ1v) is 11.9. The Labute approximate surface area is 201 Å². The Kier molecular flexibility index (Phi) is 7.22. The van der Waals surface area contributed by atoms with Gasteiger partial charge in [0.1, 0.15) is 25.0 Å². The summed E-state index contributed by atoms with van der Waals surface area (Å²) in [7, 11) is -3.97. The number of halogens is 5. The van der Waals surface area contributed by atoms with E-state index in [1.165, 1.54) is 12.1 Å². The van der Waals surface area contributed by atoms with Gasteiger partial charge in [0, 0.05) is 4.47 Å². The van der Waals surface area contributed by atoms with E-state index in [9.17, 15) is 13.5 Å². The van der Waals surface area contributed by atoms with Crippen LogP contribution in [0.25, 0.3) is 0 Å². The van der Waals surface area contributed by atoms with Crippen LogP contribution >= 0.6 is 62.3 Å². The van der Waals surface area contributed by atoms with E-state index >= 15 is 0 Å². The van der Waals surface area contributed by atoms with E-state index in [0.29, 0.717) is 5.56 Å². The molecule has 3 aromatic rings. The lowest BCUT2D eigenvalue weighted by molar-refractivity contribution is -0.266. The molecule has 0 bridgehead atoms. The van der Waals surface area contributed by atoms with Crippen LogP contribution in [0.3, 0.4) is 0 Å². The molecule has 5 nitrogen and oxygen atoms in total. The Morgan fingerprint density at radius 1 is 0.867 bits per heavy atom. The van der Waals surface area contributed by atoms with Crippen molar-refractivity contribution in [1.82, 2.24) is 0 Å². The topological polar surface area (TPSA) is 80.4 Å². The molecule has 30 heavy (non-hydrogen) atoms. The summed E-state index contributed by atoms with van der Waals surface area (Å²) in [6, 6.07) is 14.7. The number of nitrogens with one attached hydrogen (secondary N) is 2. The van der Waals surface area contributed by atoms with Crippen molar-refractivity contribution in [1.29, 1.82) is 0 Å². The number of aromatic hydroxyl groups is 1. The number of phenolic OH excluding ortho intramolecular Hbond substituents is 1. The van der Waals surface area contributed by atoms with Gasteiger partial charge in [-0.2, -0.15) is 12.8 Å². The molecule has 0 unspecified atom stereocenters. The molecule has 0 heterocycles. The highest BCUT2D eigenvalue weighted by Crippen LogP contribution is 2.48. The zero-order valence-corrected chi connectivity index (χ0v) is 20.2. The molecule has 0 aromatic heterocycles. The molecule has 0 fully saturated rings. The Morgan fingerprint density at radius 3 is 1.93 bits per heavy atom. The quantitative estimate of drug-likeness (QED) is 0.177. The fourth-order valence-corrected chi connectivity index (χ4v) is 4.67. The molecular weight excluding hydrogens is 558 g/mol. The lowest BCUT2D eigenvalue weighted by Gasteiger charge is -2.11. The van der Waals surface area contributed by atoms with Gasteiger partial charge < -0.3 is 5.11 Å². The van der Waals surface area contributed by atoms with Crippen LogP contribution in [0.5, 0.6) is 5.75 Å². The van der Waals surface area contributed by atoms with E-state index in [1.807, 2.05) is 0 Å². The molecule has 0 spiro atoms. The zero-order valence-electron chi connectivity index (χ0n) is 14.8. The predicted molar refractivity (Wildman–Crippen MR) is 125 cm³/mol. The summed E-state index contributed by atoms with van der Waals surface area (Å²) in [5.41, 5.74) is 0.522. The lowest BCUT2D eigenvalue weighted by atomic mass is 10.2. The van der Waals surface area contributed by atoms with Crippen molar-refractivity contribution < 1.29 is 17.9 Å². The summed E-state index contributed by atoms with van der Waals surface area (Å²) in [4.78, 5) is 0.0416. The van der Waals surface area contributed by atoms with Crippen molar-refractivity contribution in [3.8, 4) is 5.75 Å². The van der Waals surface area contributed by atoms with Gasteiger partial charge in [-0.3, -0.25) is 0 Å². The van der Waals surface area contributed by atoms with Crippen molar-refractivity contribution >= 4 is 83.9 Å². The molecule has 0 saturated carbocycles. The Hall–Kier alpha value is -1.48. The Bertz CT molecular complexity index is 1210. The van der Waals surface area contributed by atoms with Gasteiger partial charge in [0.2, 0.25) is 0 Å². The number of benzene rings is 3. The van der Waals surface area contributed by atoms with Crippen LogP contribution < -0.4 is 9.71 Å². The molecule has 0 aliphatic heterocycles. The van der Waals surface area contributed by atoms with Gasteiger partial charge in [-0.25, -0.2) is 5.32 Å². The van der Waals surface area contributed by atoms with Gasteiger partial charge in [0.05, 0.1) is 5.56 Å². The molecule has 0 radical (unpaired) electrons. The molecule has 11 heteroatoms. The molecule has 0 aliphatic carbocycles. The maximum atomic E-state index is 12.9. The highest BCUT2D eigenvalue weighted by molar-refractivity contribution is 9.10. The maximum absolute atomic E-state index is 12.9. The van der Waals surface area contributed by atoms with E-state index in [2.05, 4.69) is 25.6 Å². The molecular formula is C19H12BrCl4N2O3S+. The van der Waals surface area contributed by atoms with Crippen LogP contribution in [0.1, 0.15) is 5.56 Å². The van der Waals surface area contributed by atoms with Crippen LogP contribution in [-0.2, 0) is 10.0 Å². The third kappa shape index (κ3) is 4.88. The van der Waals surface area contributed by atoms with Crippen LogP contribution in [0.2, 0.25) is 20.1 Å². The first kappa shape index (κ1) is 23.2. The van der Waals surface area contributed by atoms with Gasteiger partial charge in [-0.15, -0.1) is 0 Å². The van der Waals surface area contributed by atoms with Crippen molar-refractivity contribution in [3.05, 3.63) is 84.7 Å². The number of hydrogen-bond donors (Lipinski definition) is 3. The van der Waals surface area contributed by atoms with E-state index in [4.69, 9.17) is 46.4 Å². The highest BCUT2D eigenvalue weighted by Gasteiger charge is 2.27. The van der Waals surface area contributed by atoms with E-state index in [0.717, 1.165) is 4.47 Å². The van der Waals surface area contributed by atoms with E-state index < -0.39 is 15.8 Å². The molecule has 156 valence electrons. The van der Waals surface area contributed by atoms with Gasteiger partial charge in [0.25, 0.3) is 5.84 Å². The molecule has 0 saturated heterocycles. The molecule has 3 N–H and O–H groups in total. The van der Waals surface area contributed by atoms with Crippen molar-refractivity contribution in [2.75, 3.05) is 5.32 Å². The normalized spacial score (nSPS) is 12.1. The van der Waals surface area contributed by atoms with Crippen molar-refractivity contribution in [2.24, 2.45) is 0 Å². The highest BCUT2D eigenvalue weighted by atomic mass is 79.9. The smallest absolute Gasteiger partial charge is 0.328 e. The number of rotatable bonds is 4. The molecule has 0 atom stereocenters. The number of amidine groups is 1. The largest absolute Gasteiger partial charge is 0.505 e. The summed E-state index contributed by atoms with van der Waals surface area (Å²) < 4.78 is 29.1. The zero-order chi connectivity index (χ0) is 22.1. The summed E-state index contributed by atoms with van der Waals surface area (Å²) in [5.74, 6) is -0.421. The monoisotopic (exact) mass is 567 g/mol. The number of hydrogen-bond acceptors (Lipinski definition) is 3. The number of phenols is 1. The van der Waals surface area contributed by atoms with Crippen LogP contribution in [-0.4, -0.2) is 19.4 Å². The second kappa shape index (κ2) is 9.34. The average Bonchev–Trinajstić information content (AvgIpc) is 2.74. The van der Waals surface area contributed by atoms with Crippen molar-refractivity contribution in [2.45, 2.75) is 4.90 Å². The minimum atomic E-state index is -3.97. The summed E-state index contributed by atoms with van der Waals surface area (Å²) in [6.45, 7) is 0. The van der Waals surface area contributed by atoms with E-state index in [1.54, 1.807) is 42.5 Å². The minimum Gasteiger partial charge on any atom is -0.505 e. The molecule has 3 aromatic carbocycles. The Balaban J connectivity index is 2.17. The summed E-state index contributed by atoms with van der Waals surface area (Å²) >= 11 is 27.7. The lowest BCUT2D eigenvalue weighted by Crippen LogP contribution is -2.78. The minimum absolute atomic E-state index is 0.0310. The van der Waals surface area contributed by atoms with Crippen molar-refractivity contribution in [3.63, 3.8) is 0 Å². The molecule has 0 amide bonds. The predicted octanol–water partition coefficient (Wildman–Crippen LogP) is 5.10. The number of anilines is 1. The average molecular weight is 570 g/mol. The fourth-order valence-electron chi connectivity index (χ4n) is 2.42. The number of sulfonamides is 1. The third-order valence-electron chi connectivity index (χ3n) is 3.91. The van der Waals surface area contributed by atoms with Crippen LogP contribution in [0.15, 0.2) is 64.0 Å². The maximum Gasteiger partial charge on any atom is 0.328 e. The third-order valence-corrected chi connectivity index (χ3v) is 7.49. The summed E-state index contributed by atoms with van der Waals surface area (Å²) in [5, 5.41) is 12.1. The fraction of sp³-hybridized carbons (Fsp3) is 0. The molecule has 3 rings (SSSR count). The Morgan fingerprint density at radius 2 is 1.40 bits per heavy atom.